The van der Waals surface area contributed by atoms with Crippen molar-refractivity contribution in [1.82, 2.24) is 5.32 Å². The second-order valence-corrected chi connectivity index (χ2v) is 5.60. The molecule has 132 valence electrons. The molecule has 1 amide bonds. The van der Waals surface area contributed by atoms with Gasteiger partial charge in [-0.25, -0.2) is 0 Å². The summed E-state index contributed by atoms with van der Waals surface area (Å²) in [5.41, 5.74) is 1.56. The van der Waals surface area contributed by atoms with Gasteiger partial charge in [0.2, 0.25) is 5.91 Å². The summed E-state index contributed by atoms with van der Waals surface area (Å²) in [6.07, 6.45) is 1.21. The number of hydrogen-bond acceptors (Lipinski definition) is 4. The van der Waals surface area contributed by atoms with E-state index in [2.05, 4.69) is 5.32 Å². The highest BCUT2D eigenvalue weighted by Crippen LogP contribution is 2.24. The summed E-state index contributed by atoms with van der Waals surface area (Å²) in [5.74, 6) is 1.34. The average molecular weight is 341 g/mol. The Balaban J connectivity index is 1.76. The van der Waals surface area contributed by atoms with Gasteiger partial charge < -0.3 is 14.8 Å². The summed E-state index contributed by atoms with van der Waals surface area (Å²) in [7, 11) is 3.17. The van der Waals surface area contributed by atoms with Crippen molar-refractivity contribution < 1.29 is 19.1 Å². The lowest BCUT2D eigenvalue weighted by molar-refractivity contribution is -0.121. The number of Topliss-reactive ketones (excluding diaryl/α,β-unsaturated/α-hetero) is 1. The molecule has 0 radical (unpaired) electrons. The Hall–Kier alpha value is -2.82. The summed E-state index contributed by atoms with van der Waals surface area (Å²) in [5, 5.41) is 2.85. The van der Waals surface area contributed by atoms with E-state index in [1.807, 2.05) is 30.3 Å². The van der Waals surface area contributed by atoms with Crippen molar-refractivity contribution in [3.8, 4) is 11.5 Å². The first-order valence-electron chi connectivity index (χ1n) is 8.20. The van der Waals surface area contributed by atoms with Gasteiger partial charge in [0.15, 0.2) is 5.78 Å². The first-order valence-corrected chi connectivity index (χ1v) is 8.20. The second kappa shape index (κ2) is 9.47. The van der Waals surface area contributed by atoms with Gasteiger partial charge >= 0.3 is 0 Å². The lowest BCUT2D eigenvalue weighted by atomic mass is 10.1. The molecule has 25 heavy (non-hydrogen) atoms. The Labute approximate surface area is 148 Å². The Morgan fingerprint density at radius 3 is 2.40 bits per heavy atom. The third-order valence-corrected chi connectivity index (χ3v) is 3.87. The largest absolute Gasteiger partial charge is 0.497 e. The van der Waals surface area contributed by atoms with Crippen molar-refractivity contribution >= 4 is 11.7 Å². The predicted molar refractivity (Wildman–Crippen MR) is 96.0 cm³/mol. The zero-order valence-electron chi connectivity index (χ0n) is 14.6. The molecule has 2 aromatic carbocycles. The first kappa shape index (κ1) is 18.5. The molecule has 0 saturated heterocycles. The third kappa shape index (κ3) is 5.64. The molecular formula is C20H23NO4. The quantitative estimate of drug-likeness (QED) is 0.710. The van der Waals surface area contributed by atoms with E-state index in [-0.39, 0.29) is 11.7 Å². The maximum Gasteiger partial charge on any atom is 0.220 e. The Bertz CT molecular complexity index is 713. The van der Waals surface area contributed by atoms with E-state index in [1.165, 1.54) is 0 Å². The molecule has 0 bridgehead atoms. The van der Waals surface area contributed by atoms with Gasteiger partial charge in [-0.2, -0.15) is 0 Å². The maximum absolute atomic E-state index is 12.0. The molecule has 0 aliphatic rings. The summed E-state index contributed by atoms with van der Waals surface area (Å²) in [6.45, 7) is 0.374. The molecule has 1 N–H and O–H groups in total. The molecular weight excluding hydrogens is 318 g/mol. The smallest absolute Gasteiger partial charge is 0.220 e. The topological polar surface area (TPSA) is 64.6 Å². The van der Waals surface area contributed by atoms with Crippen LogP contribution < -0.4 is 14.8 Å². The van der Waals surface area contributed by atoms with Crippen molar-refractivity contribution in [2.45, 2.75) is 25.8 Å². The van der Waals surface area contributed by atoms with Gasteiger partial charge in [-0.3, -0.25) is 9.59 Å². The van der Waals surface area contributed by atoms with Crippen molar-refractivity contribution in [2.24, 2.45) is 0 Å². The summed E-state index contributed by atoms with van der Waals surface area (Å²) in [6, 6.07) is 14.6. The van der Waals surface area contributed by atoms with E-state index >= 15 is 0 Å². The van der Waals surface area contributed by atoms with Gasteiger partial charge in [-0.05, 0) is 18.6 Å². The molecule has 0 spiro atoms. The molecule has 2 rings (SSSR count). The molecule has 0 atom stereocenters. The van der Waals surface area contributed by atoms with Crippen LogP contribution in [-0.4, -0.2) is 25.9 Å². The molecule has 5 nitrogen and oxygen atoms in total. The molecule has 0 unspecified atom stereocenters. The van der Waals surface area contributed by atoms with Crippen molar-refractivity contribution in [3.63, 3.8) is 0 Å². The Kier molecular flexibility index (Phi) is 7.01. The highest BCUT2D eigenvalue weighted by molar-refractivity contribution is 5.96. The molecule has 0 aromatic heterocycles. The lowest BCUT2D eigenvalue weighted by Crippen LogP contribution is -2.22. The minimum absolute atomic E-state index is 0.0604. The standard InChI is InChI=1S/C20H23NO4/c1-24-17-12-11-16(19(13-17)25-2)14-21-20(23)10-6-9-18(22)15-7-4-3-5-8-15/h3-5,7-8,11-13H,6,9-10,14H2,1-2H3,(H,21,23). The monoisotopic (exact) mass is 341 g/mol. The number of nitrogens with one attached hydrogen (secondary N) is 1. The summed E-state index contributed by atoms with van der Waals surface area (Å²) >= 11 is 0. The van der Waals surface area contributed by atoms with Crippen LogP contribution in [0, 0.1) is 0 Å². The van der Waals surface area contributed by atoms with Crippen LogP contribution in [0.5, 0.6) is 11.5 Å². The highest BCUT2D eigenvalue weighted by Gasteiger charge is 2.09. The van der Waals surface area contributed by atoms with Gasteiger partial charge in [-0.1, -0.05) is 30.3 Å². The van der Waals surface area contributed by atoms with Gasteiger partial charge in [0.1, 0.15) is 11.5 Å². The molecule has 0 aliphatic heterocycles. The fourth-order valence-corrected chi connectivity index (χ4v) is 2.46. The number of carbonyl (C=O) groups excluding carboxylic acids is 2. The van der Waals surface area contributed by atoms with E-state index < -0.39 is 0 Å². The van der Waals surface area contributed by atoms with Gasteiger partial charge in [0.25, 0.3) is 0 Å². The van der Waals surface area contributed by atoms with E-state index in [4.69, 9.17) is 9.47 Å². The minimum Gasteiger partial charge on any atom is -0.497 e. The van der Waals surface area contributed by atoms with Crippen LogP contribution in [0.15, 0.2) is 48.5 Å². The van der Waals surface area contributed by atoms with Crippen molar-refractivity contribution in [2.75, 3.05) is 14.2 Å². The molecule has 0 fully saturated rings. The minimum atomic E-state index is -0.0845. The summed E-state index contributed by atoms with van der Waals surface area (Å²) in [4.78, 5) is 24.0. The summed E-state index contributed by atoms with van der Waals surface area (Å²) < 4.78 is 10.5. The Morgan fingerprint density at radius 2 is 1.72 bits per heavy atom. The zero-order valence-corrected chi connectivity index (χ0v) is 14.6. The number of rotatable bonds is 9. The van der Waals surface area contributed by atoms with Crippen LogP contribution >= 0.6 is 0 Å². The molecule has 2 aromatic rings. The molecule has 5 heteroatoms. The maximum atomic E-state index is 12.0. The number of hydrogen-bond donors (Lipinski definition) is 1. The second-order valence-electron chi connectivity index (χ2n) is 5.60. The lowest BCUT2D eigenvalue weighted by Gasteiger charge is -2.11. The van der Waals surface area contributed by atoms with E-state index in [1.54, 1.807) is 32.4 Å². The van der Waals surface area contributed by atoms with Crippen molar-refractivity contribution in [1.29, 1.82) is 0 Å². The molecule has 0 saturated carbocycles. The van der Waals surface area contributed by atoms with Crippen molar-refractivity contribution in [3.05, 3.63) is 59.7 Å². The first-order chi connectivity index (χ1) is 12.1. The van der Waals surface area contributed by atoms with Crippen LogP contribution in [0.25, 0.3) is 0 Å². The SMILES string of the molecule is COc1ccc(CNC(=O)CCCC(=O)c2ccccc2)c(OC)c1. The molecule has 0 aliphatic carbocycles. The van der Waals surface area contributed by atoms with E-state index in [0.29, 0.717) is 42.9 Å². The highest BCUT2D eigenvalue weighted by atomic mass is 16.5. The number of ketones is 1. The van der Waals surface area contributed by atoms with Crippen LogP contribution in [-0.2, 0) is 11.3 Å². The van der Waals surface area contributed by atoms with E-state index in [9.17, 15) is 9.59 Å². The van der Waals surface area contributed by atoms with Crippen LogP contribution in [0.3, 0.4) is 0 Å². The number of benzene rings is 2. The molecule has 0 heterocycles. The zero-order chi connectivity index (χ0) is 18.1. The van der Waals surface area contributed by atoms with Gasteiger partial charge in [-0.15, -0.1) is 0 Å². The fourth-order valence-electron chi connectivity index (χ4n) is 2.46. The van der Waals surface area contributed by atoms with Crippen LogP contribution in [0.4, 0.5) is 0 Å². The van der Waals surface area contributed by atoms with E-state index in [0.717, 1.165) is 5.56 Å². The fraction of sp³-hybridized carbons (Fsp3) is 0.300. The number of methoxy groups -OCH3 is 2. The average Bonchev–Trinajstić information content (AvgIpc) is 2.66. The van der Waals surface area contributed by atoms with Crippen LogP contribution in [0.1, 0.15) is 35.2 Å². The third-order valence-electron chi connectivity index (χ3n) is 3.87. The Morgan fingerprint density at radius 1 is 0.960 bits per heavy atom. The predicted octanol–water partition coefficient (Wildman–Crippen LogP) is 3.37. The van der Waals surface area contributed by atoms with Gasteiger partial charge in [0.05, 0.1) is 14.2 Å². The number of amides is 1. The normalized spacial score (nSPS) is 10.2. The van der Waals surface area contributed by atoms with Crippen LogP contribution in [0.2, 0.25) is 0 Å². The van der Waals surface area contributed by atoms with Gasteiger partial charge in [0, 0.05) is 36.6 Å². The number of carbonyl (C=O) groups is 2. The number of ether oxygens (including phenoxy) is 2.